The van der Waals surface area contributed by atoms with E-state index in [1.165, 1.54) is 30.3 Å². The molecule has 0 saturated carbocycles. The number of nitrogens with zero attached hydrogens (tertiary/aromatic N) is 2. The minimum atomic E-state index is -3.51. The molecule has 208 valence electrons. The van der Waals surface area contributed by atoms with E-state index in [1.807, 2.05) is 0 Å². The lowest BCUT2D eigenvalue weighted by atomic mass is 9.51. The quantitative estimate of drug-likeness (QED) is 0.159. The molecule has 6 radical (unpaired) electrons. The highest BCUT2D eigenvalue weighted by molar-refractivity contribution is 6.39. The number of halogens is 1. The number of hydrogen-bond donors (Lipinski definition) is 6. The van der Waals surface area contributed by atoms with Gasteiger partial charge in [0.05, 0.1) is 25.4 Å². The van der Waals surface area contributed by atoms with Gasteiger partial charge in [0.25, 0.3) is 17.7 Å². The van der Waals surface area contributed by atoms with Crippen LogP contribution in [0.4, 0.5) is 10.1 Å². The van der Waals surface area contributed by atoms with Crippen molar-refractivity contribution >= 4 is 46.9 Å². The first kappa shape index (κ1) is 29.2. The number of nitrogens with one attached hydrogen (secondary N) is 2. The normalized spacial score (nSPS) is 30.1. The van der Waals surface area contributed by atoms with Gasteiger partial charge in [-0.3, -0.25) is 29.5 Å². The molecule has 0 spiro atoms. The molecule has 3 heterocycles. The average molecular weight is 560 g/mol. The average Bonchev–Trinajstić information content (AvgIpc) is 3.28. The van der Waals surface area contributed by atoms with Crippen LogP contribution in [-0.2, 0) is 33.0 Å². The second kappa shape index (κ2) is 9.93. The highest BCUT2D eigenvalue weighted by Crippen LogP contribution is 2.41. The Hall–Kier alpha value is -3.27. The number of anilines is 1. The van der Waals surface area contributed by atoms with E-state index < -0.39 is 52.4 Å². The molecule has 41 heavy (non-hydrogen) atoms. The van der Waals surface area contributed by atoms with Gasteiger partial charge in [-0.05, 0) is 29.8 Å². The van der Waals surface area contributed by atoms with Gasteiger partial charge in [0.2, 0.25) is 5.72 Å². The van der Waals surface area contributed by atoms with E-state index in [1.54, 1.807) is 16.3 Å². The van der Waals surface area contributed by atoms with Crippen LogP contribution < -0.4 is 10.6 Å². The molecule has 4 unspecified atom stereocenters. The summed E-state index contributed by atoms with van der Waals surface area (Å²) in [5, 5.41) is 47.9. The van der Waals surface area contributed by atoms with Crippen LogP contribution >= 0.6 is 0 Å². The highest BCUT2D eigenvalue weighted by Gasteiger charge is 2.70. The third-order valence-electron chi connectivity index (χ3n) is 7.79. The molecule has 16 heteroatoms. The topological polar surface area (TPSA) is 172 Å². The smallest absolute Gasteiger partial charge is 0.282 e. The SMILES string of the molecule is [B]C(O)(c1ccc(F)c(CNc2cccc3c2CN(C2(O)C(=O)NC(=O)C([B])(O)C2([B])O)C3=O)c1)N1CCOCC1. The zero-order chi connectivity index (χ0) is 30.0. The summed E-state index contributed by atoms with van der Waals surface area (Å²) in [5.41, 5.74) is -11.2. The summed E-state index contributed by atoms with van der Waals surface area (Å²) >= 11 is 0. The van der Waals surface area contributed by atoms with Crippen LogP contribution in [0.5, 0.6) is 0 Å². The Bertz CT molecular complexity index is 1440. The van der Waals surface area contributed by atoms with E-state index in [2.05, 4.69) is 5.32 Å². The number of fused-ring (bicyclic) bond motifs is 1. The number of piperidine rings is 1. The Labute approximate surface area is 237 Å². The van der Waals surface area contributed by atoms with Gasteiger partial charge < -0.3 is 30.5 Å². The summed E-state index contributed by atoms with van der Waals surface area (Å²) in [6, 6.07) is 8.35. The first-order valence-corrected chi connectivity index (χ1v) is 12.6. The van der Waals surface area contributed by atoms with Crippen molar-refractivity contribution in [2.45, 2.75) is 35.4 Å². The summed E-state index contributed by atoms with van der Waals surface area (Å²) in [5.74, 6) is -4.72. The summed E-state index contributed by atoms with van der Waals surface area (Å²) in [6.07, 6.45) is 0. The minimum absolute atomic E-state index is 0.0117. The molecule has 0 bridgehead atoms. The van der Waals surface area contributed by atoms with Crippen LogP contribution in [-0.4, -0.2) is 115 Å². The third kappa shape index (κ3) is 4.37. The molecule has 2 saturated heterocycles. The molecule has 4 atom stereocenters. The largest absolute Gasteiger partial charge is 0.392 e. The van der Waals surface area contributed by atoms with Crippen molar-refractivity contribution in [2.24, 2.45) is 0 Å². The van der Waals surface area contributed by atoms with Gasteiger partial charge in [-0.25, -0.2) is 4.39 Å². The second-order valence-electron chi connectivity index (χ2n) is 10.2. The molecule has 2 aromatic rings. The fraction of sp³-hybridized carbons (Fsp3) is 0.400. The Morgan fingerprint density at radius 1 is 1.07 bits per heavy atom. The molecule has 2 fully saturated rings. The Morgan fingerprint density at radius 2 is 1.76 bits per heavy atom. The van der Waals surface area contributed by atoms with Crippen LogP contribution in [0.2, 0.25) is 0 Å². The minimum Gasteiger partial charge on any atom is -0.392 e. The van der Waals surface area contributed by atoms with Crippen molar-refractivity contribution in [1.29, 1.82) is 0 Å². The molecule has 3 aliphatic heterocycles. The van der Waals surface area contributed by atoms with E-state index in [-0.39, 0.29) is 28.8 Å². The van der Waals surface area contributed by atoms with Crippen molar-refractivity contribution in [2.75, 3.05) is 31.6 Å². The van der Waals surface area contributed by atoms with Crippen molar-refractivity contribution < 1.29 is 43.9 Å². The molecule has 0 aromatic heterocycles. The third-order valence-corrected chi connectivity index (χ3v) is 7.79. The van der Waals surface area contributed by atoms with Crippen LogP contribution in [0, 0.1) is 5.82 Å². The Morgan fingerprint density at radius 3 is 2.44 bits per heavy atom. The monoisotopic (exact) mass is 560 g/mol. The van der Waals surface area contributed by atoms with Crippen molar-refractivity contribution in [3.8, 4) is 0 Å². The van der Waals surface area contributed by atoms with E-state index >= 15 is 0 Å². The summed E-state index contributed by atoms with van der Waals surface area (Å²) < 4.78 is 20.1. The Kier molecular flexibility index (Phi) is 7.08. The van der Waals surface area contributed by atoms with Crippen LogP contribution in [0.3, 0.4) is 0 Å². The first-order chi connectivity index (χ1) is 19.1. The zero-order valence-electron chi connectivity index (χ0n) is 21.6. The number of carbonyl (C=O) groups is 3. The van der Waals surface area contributed by atoms with E-state index in [4.69, 9.17) is 28.3 Å². The maximum absolute atomic E-state index is 14.8. The van der Waals surface area contributed by atoms with Gasteiger partial charge in [0.15, 0.2) is 0 Å². The fourth-order valence-corrected chi connectivity index (χ4v) is 5.20. The molecular formula is C25H24B3FN4O8. The first-order valence-electron chi connectivity index (χ1n) is 12.6. The van der Waals surface area contributed by atoms with Crippen molar-refractivity contribution in [3.63, 3.8) is 0 Å². The highest BCUT2D eigenvalue weighted by atomic mass is 19.1. The number of rotatable bonds is 6. The molecule has 2 aromatic carbocycles. The number of carbonyl (C=O) groups excluding carboxylic acids is 3. The van der Waals surface area contributed by atoms with Gasteiger partial charge in [0, 0.05) is 42.0 Å². The van der Waals surface area contributed by atoms with E-state index in [9.17, 15) is 39.2 Å². The number of aliphatic hydroxyl groups is 4. The predicted molar refractivity (Wildman–Crippen MR) is 142 cm³/mol. The Balaban J connectivity index is 1.41. The van der Waals surface area contributed by atoms with Crippen LogP contribution in [0.15, 0.2) is 36.4 Å². The van der Waals surface area contributed by atoms with Crippen LogP contribution in [0.25, 0.3) is 0 Å². The number of amides is 3. The van der Waals surface area contributed by atoms with Crippen LogP contribution in [0.1, 0.15) is 27.0 Å². The number of imide groups is 1. The molecule has 5 rings (SSSR count). The summed E-state index contributed by atoms with van der Waals surface area (Å²) in [6.45, 7) is 0.846. The molecule has 3 amide bonds. The maximum Gasteiger partial charge on any atom is 0.282 e. The molecule has 6 N–H and O–H groups in total. The standard InChI is InChI=1S/C25H24B3FN4O8/c26-22(37)20(35)31-21(36)23(38,25(22,28)40)33-12-16-15(19(33)34)2-1-3-18(16)30-11-13-10-14(4-5-17(13)29)24(27,39)32-6-8-41-9-7-32/h1-5,10,30,37-40H,6-9,11-12H2,(H,31,35,36). The lowest BCUT2D eigenvalue weighted by Crippen LogP contribution is -2.86. The van der Waals surface area contributed by atoms with Gasteiger partial charge >= 0.3 is 0 Å². The van der Waals surface area contributed by atoms with Gasteiger partial charge in [-0.2, -0.15) is 0 Å². The van der Waals surface area contributed by atoms with Crippen molar-refractivity contribution in [3.05, 3.63) is 64.5 Å². The summed E-state index contributed by atoms with van der Waals surface area (Å²) in [4.78, 5) is 40.0. The zero-order valence-corrected chi connectivity index (χ0v) is 21.6. The molecule has 12 nitrogen and oxygen atoms in total. The predicted octanol–water partition coefficient (Wildman–Crippen LogP) is -2.94. The lowest BCUT2D eigenvalue weighted by Gasteiger charge is -2.54. The molecular weight excluding hydrogens is 536 g/mol. The number of ether oxygens (including phenoxy) is 1. The number of hydrogen-bond acceptors (Lipinski definition) is 10. The van der Waals surface area contributed by atoms with Crippen molar-refractivity contribution in [1.82, 2.24) is 15.1 Å². The number of benzene rings is 2. The summed E-state index contributed by atoms with van der Waals surface area (Å²) in [7, 11) is 17.3. The molecule has 0 aliphatic carbocycles. The fourth-order valence-electron chi connectivity index (χ4n) is 5.20. The van der Waals surface area contributed by atoms with E-state index in [0.717, 1.165) is 0 Å². The molecule has 3 aliphatic rings. The number of morpholine rings is 1. The lowest BCUT2D eigenvalue weighted by molar-refractivity contribution is -0.232. The van der Waals surface area contributed by atoms with Gasteiger partial charge in [-0.15, -0.1) is 0 Å². The van der Waals surface area contributed by atoms with Gasteiger partial charge in [-0.1, -0.05) is 12.1 Å². The maximum atomic E-state index is 14.8. The second-order valence-corrected chi connectivity index (χ2v) is 10.2. The van der Waals surface area contributed by atoms with Gasteiger partial charge in [0.1, 0.15) is 40.4 Å². The van der Waals surface area contributed by atoms with E-state index in [0.29, 0.717) is 36.9 Å².